The van der Waals surface area contributed by atoms with E-state index in [4.69, 9.17) is 0 Å². The molecule has 1 saturated carbocycles. The van der Waals surface area contributed by atoms with Crippen molar-refractivity contribution in [2.75, 3.05) is 26.2 Å². The number of nitrogens with zero attached hydrogens (tertiary/aromatic N) is 1. The topological polar surface area (TPSA) is 61.4 Å². The lowest BCUT2D eigenvalue weighted by atomic mass is 9.96. The summed E-state index contributed by atoms with van der Waals surface area (Å²) < 4.78 is 0. The summed E-state index contributed by atoms with van der Waals surface area (Å²) in [4.78, 5) is 26.6. The molecule has 138 valence electrons. The molecule has 24 heavy (non-hydrogen) atoms. The molecule has 5 nitrogen and oxygen atoms in total. The first-order chi connectivity index (χ1) is 11.2. The second kappa shape index (κ2) is 9.62. The van der Waals surface area contributed by atoms with Gasteiger partial charge in [-0.05, 0) is 56.9 Å². The minimum Gasteiger partial charge on any atom is -0.354 e. The Hall–Kier alpha value is -0.810. The quantitative estimate of drug-likeness (QED) is 0.792. The monoisotopic (exact) mass is 357 g/mol. The Kier molecular flexibility index (Phi) is 7.82. The van der Waals surface area contributed by atoms with E-state index in [1.807, 2.05) is 4.90 Å². The number of carbonyl (C=O) groups is 2. The molecule has 2 amide bonds. The van der Waals surface area contributed by atoms with Crippen LogP contribution in [0.25, 0.3) is 0 Å². The molecule has 0 radical (unpaired) electrons. The molecular formula is C18H32ClN3O2. The maximum absolute atomic E-state index is 12.5. The molecule has 0 aromatic heterocycles. The molecule has 0 bridgehead atoms. The van der Waals surface area contributed by atoms with E-state index in [9.17, 15) is 9.59 Å². The van der Waals surface area contributed by atoms with E-state index in [1.165, 1.54) is 25.7 Å². The predicted molar refractivity (Wildman–Crippen MR) is 97.2 cm³/mol. The van der Waals surface area contributed by atoms with Crippen LogP contribution < -0.4 is 10.6 Å². The van der Waals surface area contributed by atoms with Crippen molar-refractivity contribution in [1.29, 1.82) is 0 Å². The standard InChI is InChI=1S/C18H31N3O2.ClH/c22-17(11-14-5-1-2-6-14)21-10-4-7-15(13-21)12-20-18(23)16-8-3-9-19-16;/h14-16,19H,1-13H2,(H,20,23);1H. The van der Waals surface area contributed by atoms with Crippen LogP contribution in [0.3, 0.4) is 0 Å². The Morgan fingerprint density at radius 1 is 1.00 bits per heavy atom. The highest BCUT2D eigenvalue weighted by Crippen LogP contribution is 2.28. The summed E-state index contributed by atoms with van der Waals surface area (Å²) in [7, 11) is 0. The lowest BCUT2D eigenvalue weighted by Gasteiger charge is -2.33. The molecule has 1 aliphatic carbocycles. The third-order valence-corrected chi connectivity index (χ3v) is 5.75. The Morgan fingerprint density at radius 2 is 1.75 bits per heavy atom. The van der Waals surface area contributed by atoms with Gasteiger partial charge in [0.25, 0.3) is 0 Å². The van der Waals surface area contributed by atoms with E-state index < -0.39 is 0 Å². The molecule has 2 unspecified atom stereocenters. The Labute approximate surface area is 151 Å². The average Bonchev–Trinajstić information content (AvgIpc) is 3.26. The van der Waals surface area contributed by atoms with Gasteiger partial charge in [0.1, 0.15) is 0 Å². The van der Waals surface area contributed by atoms with E-state index in [2.05, 4.69) is 10.6 Å². The first-order valence-corrected chi connectivity index (χ1v) is 9.51. The molecule has 3 aliphatic rings. The Balaban J connectivity index is 0.00000208. The van der Waals surface area contributed by atoms with E-state index in [1.54, 1.807) is 0 Å². The fraction of sp³-hybridized carbons (Fsp3) is 0.889. The fourth-order valence-electron chi connectivity index (χ4n) is 4.33. The highest BCUT2D eigenvalue weighted by atomic mass is 35.5. The largest absolute Gasteiger partial charge is 0.354 e. The second-order valence-electron chi connectivity index (χ2n) is 7.60. The van der Waals surface area contributed by atoms with Crippen molar-refractivity contribution in [2.24, 2.45) is 11.8 Å². The van der Waals surface area contributed by atoms with Crippen LogP contribution in [-0.4, -0.2) is 48.9 Å². The molecule has 2 heterocycles. The summed E-state index contributed by atoms with van der Waals surface area (Å²) in [6.07, 6.45) is 10.0. The maximum atomic E-state index is 12.5. The number of rotatable bonds is 5. The van der Waals surface area contributed by atoms with Gasteiger partial charge in [-0.15, -0.1) is 12.4 Å². The molecule has 3 rings (SSSR count). The molecule has 2 saturated heterocycles. The molecule has 3 fully saturated rings. The lowest BCUT2D eigenvalue weighted by Crippen LogP contribution is -2.46. The van der Waals surface area contributed by atoms with Gasteiger partial charge in [-0.2, -0.15) is 0 Å². The Bertz CT molecular complexity index is 420. The highest BCUT2D eigenvalue weighted by Gasteiger charge is 2.28. The van der Waals surface area contributed by atoms with Crippen LogP contribution in [-0.2, 0) is 9.59 Å². The summed E-state index contributed by atoms with van der Waals surface area (Å²) in [5.41, 5.74) is 0. The molecule has 2 atom stereocenters. The fourth-order valence-corrected chi connectivity index (χ4v) is 4.33. The Morgan fingerprint density at radius 3 is 2.46 bits per heavy atom. The van der Waals surface area contributed by atoms with Crippen molar-refractivity contribution in [3.8, 4) is 0 Å². The lowest BCUT2D eigenvalue weighted by molar-refractivity contribution is -0.134. The van der Waals surface area contributed by atoms with Crippen LogP contribution in [0, 0.1) is 11.8 Å². The van der Waals surface area contributed by atoms with Crippen molar-refractivity contribution < 1.29 is 9.59 Å². The summed E-state index contributed by atoms with van der Waals surface area (Å²) in [5.74, 6) is 1.51. The van der Waals surface area contributed by atoms with Gasteiger partial charge in [0, 0.05) is 26.1 Å². The van der Waals surface area contributed by atoms with Crippen LogP contribution in [0.4, 0.5) is 0 Å². The number of hydrogen-bond acceptors (Lipinski definition) is 3. The molecule has 2 N–H and O–H groups in total. The first kappa shape index (κ1) is 19.5. The normalized spacial score (nSPS) is 27.8. The minimum absolute atomic E-state index is 0. The number of likely N-dealkylation sites (tertiary alicyclic amines) is 1. The molecule has 0 aromatic carbocycles. The minimum atomic E-state index is -0.00121. The van der Waals surface area contributed by atoms with Crippen LogP contribution in [0.15, 0.2) is 0 Å². The van der Waals surface area contributed by atoms with Gasteiger partial charge in [0.05, 0.1) is 6.04 Å². The summed E-state index contributed by atoms with van der Waals surface area (Å²) in [6, 6.07) is -0.00121. The second-order valence-corrected chi connectivity index (χ2v) is 7.60. The first-order valence-electron chi connectivity index (χ1n) is 9.51. The van der Waals surface area contributed by atoms with Crippen LogP contribution >= 0.6 is 12.4 Å². The molecule has 0 aromatic rings. The van der Waals surface area contributed by atoms with Crippen molar-refractivity contribution >= 4 is 24.2 Å². The third kappa shape index (κ3) is 5.35. The summed E-state index contributed by atoms with van der Waals surface area (Å²) in [6.45, 7) is 3.39. The molecule has 0 spiro atoms. The summed E-state index contributed by atoms with van der Waals surface area (Å²) in [5, 5.41) is 6.32. The number of amides is 2. The van der Waals surface area contributed by atoms with Gasteiger partial charge < -0.3 is 15.5 Å². The number of piperidine rings is 1. The maximum Gasteiger partial charge on any atom is 0.237 e. The SMILES string of the molecule is Cl.O=C(NCC1CCCN(C(=O)CC2CCCC2)C1)C1CCCN1. The predicted octanol–water partition coefficient (Wildman–Crippen LogP) is 2.10. The molecule has 6 heteroatoms. The molecule has 2 aliphatic heterocycles. The van der Waals surface area contributed by atoms with Gasteiger partial charge in [0.15, 0.2) is 0 Å². The third-order valence-electron chi connectivity index (χ3n) is 5.75. The van der Waals surface area contributed by atoms with Gasteiger partial charge in [-0.1, -0.05) is 12.8 Å². The van der Waals surface area contributed by atoms with E-state index in [0.717, 1.165) is 51.7 Å². The zero-order valence-corrected chi connectivity index (χ0v) is 15.4. The van der Waals surface area contributed by atoms with Crippen molar-refractivity contribution in [3.63, 3.8) is 0 Å². The van der Waals surface area contributed by atoms with Gasteiger partial charge in [0.2, 0.25) is 11.8 Å². The van der Waals surface area contributed by atoms with Gasteiger partial charge in [-0.3, -0.25) is 9.59 Å². The number of halogens is 1. The zero-order valence-electron chi connectivity index (χ0n) is 14.6. The van der Waals surface area contributed by atoms with Gasteiger partial charge >= 0.3 is 0 Å². The smallest absolute Gasteiger partial charge is 0.237 e. The number of hydrogen-bond donors (Lipinski definition) is 2. The highest BCUT2D eigenvalue weighted by molar-refractivity contribution is 5.85. The average molecular weight is 358 g/mol. The summed E-state index contributed by atoms with van der Waals surface area (Å²) >= 11 is 0. The van der Waals surface area contributed by atoms with Crippen LogP contribution in [0.5, 0.6) is 0 Å². The number of carbonyl (C=O) groups excluding carboxylic acids is 2. The van der Waals surface area contributed by atoms with Gasteiger partial charge in [-0.25, -0.2) is 0 Å². The number of nitrogens with one attached hydrogen (secondary N) is 2. The zero-order chi connectivity index (χ0) is 16.1. The van der Waals surface area contributed by atoms with Crippen LogP contribution in [0.1, 0.15) is 57.8 Å². The van der Waals surface area contributed by atoms with Crippen molar-refractivity contribution in [1.82, 2.24) is 15.5 Å². The van der Waals surface area contributed by atoms with Crippen molar-refractivity contribution in [2.45, 2.75) is 63.8 Å². The van der Waals surface area contributed by atoms with Crippen LogP contribution in [0.2, 0.25) is 0 Å². The van der Waals surface area contributed by atoms with E-state index >= 15 is 0 Å². The molecular weight excluding hydrogens is 326 g/mol. The van der Waals surface area contributed by atoms with Crippen molar-refractivity contribution in [3.05, 3.63) is 0 Å². The van der Waals surface area contributed by atoms with E-state index in [-0.39, 0.29) is 24.4 Å². The van der Waals surface area contributed by atoms with E-state index in [0.29, 0.717) is 24.3 Å².